The fourth-order valence-electron chi connectivity index (χ4n) is 3.41. The van der Waals surface area contributed by atoms with Crippen LogP contribution in [0.3, 0.4) is 0 Å². The Hall–Kier alpha value is -3.03. The molecule has 31 heavy (non-hydrogen) atoms. The Balaban J connectivity index is 1.82. The molecule has 158 valence electrons. The summed E-state index contributed by atoms with van der Waals surface area (Å²) in [4.78, 5) is 17.9. The molecule has 0 aliphatic carbocycles. The van der Waals surface area contributed by atoms with Gasteiger partial charge in [0.05, 0.1) is 22.3 Å². The summed E-state index contributed by atoms with van der Waals surface area (Å²) >= 11 is 3.47. The van der Waals surface area contributed by atoms with Crippen molar-refractivity contribution in [1.29, 1.82) is 0 Å². The number of benzene rings is 2. The Bertz CT molecular complexity index is 1200. The third-order valence-electron chi connectivity index (χ3n) is 5.06. The maximum Gasteiger partial charge on any atom is 0.252 e. The Morgan fingerprint density at radius 3 is 2.52 bits per heavy atom. The molecule has 0 saturated carbocycles. The van der Waals surface area contributed by atoms with Crippen LogP contribution in [0.1, 0.15) is 22.3 Å². The second kappa shape index (κ2) is 9.41. The van der Waals surface area contributed by atoms with Gasteiger partial charge in [0.1, 0.15) is 0 Å². The van der Waals surface area contributed by atoms with Gasteiger partial charge in [-0.15, -0.1) is 0 Å². The quantitative estimate of drug-likeness (QED) is 0.360. The van der Waals surface area contributed by atoms with E-state index in [1.807, 2.05) is 61.5 Å². The summed E-state index contributed by atoms with van der Waals surface area (Å²) in [7, 11) is 1.65. The van der Waals surface area contributed by atoms with Crippen molar-refractivity contribution in [1.82, 2.24) is 20.5 Å². The SMILES string of the molecule is COCCCNC(=O)c1cc(-c2ccc(C)cc2)nc2n[nH]c(-c3ccc(Br)cc3)c12. The van der Waals surface area contributed by atoms with Gasteiger partial charge in [-0.1, -0.05) is 57.9 Å². The molecule has 2 N–H and O–H groups in total. The van der Waals surface area contributed by atoms with E-state index in [0.29, 0.717) is 35.4 Å². The number of fused-ring (bicyclic) bond motifs is 1. The van der Waals surface area contributed by atoms with E-state index in [4.69, 9.17) is 9.72 Å². The molecule has 0 radical (unpaired) electrons. The van der Waals surface area contributed by atoms with Crippen LogP contribution in [0.25, 0.3) is 33.5 Å². The summed E-state index contributed by atoms with van der Waals surface area (Å²) in [5.74, 6) is -0.156. The molecule has 2 heterocycles. The summed E-state index contributed by atoms with van der Waals surface area (Å²) in [5, 5.41) is 11.2. The van der Waals surface area contributed by atoms with Crippen LogP contribution in [-0.2, 0) is 4.74 Å². The number of carbonyl (C=O) groups is 1. The minimum absolute atomic E-state index is 0.156. The third kappa shape index (κ3) is 4.68. The molecule has 0 spiro atoms. The number of carbonyl (C=O) groups excluding carboxylic acids is 1. The molecule has 2 aromatic heterocycles. The zero-order valence-corrected chi connectivity index (χ0v) is 19.0. The van der Waals surface area contributed by atoms with Crippen LogP contribution in [-0.4, -0.2) is 41.3 Å². The minimum atomic E-state index is -0.156. The van der Waals surface area contributed by atoms with E-state index in [-0.39, 0.29) is 5.91 Å². The van der Waals surface area contributed by atoms with E-state index in [2.05, 4.69) is 31.4 Å². The van der Waals surface area contributed by atoms with Crippen molar-refractivity contribution >= 4 is 32.9 Å². The molecule has 0 aliphatic heterocycles. The Labute approximate surface area is 189 Å². The lowest BCUT2D eigenvalue weighted by Gasteiger charge is -2.10. The molecule has 0 saturated heterocycles. The van der Waals surface area contributed by atoms with Crippen molar-refractivity contribution in [2.75, 3.05) is 20.3 Å². The van der Waals surface area contributed by atoms with E-state index < -0.39 is 0 Å². The summed E-state index contributed by atoms with van der Waals surface area (Å²) in [5.41, 5.74) is 5.58. The number of ether oxygens (including phenoxy) is 1. The molecule has 0 bridgehead atoms. The first kappa shape index (κ1) is 21.2. The molecule has 0 atom stereocenters. The summed E-state index contributed by atoms with van der Waals surface area (Å²) in [6, 6.07) is 17.8. The first-order valence-corrected chi connectivity index (χ1v) is 10.9. The molecule has 4 rings (SSSR count). The second-order valence-corrected chi connectivity index (χ2v) is 8.24. The standard InChI is InChI=1S/C24H23BrN4O2/c1-15-4-6-16(7-5-15)20-14-19(24(30)26-12-3-13-31-2)21-22(28-29-23(21)27-20)17-8-10-18(25)11-9-17/h4-11,14H,3,12-13H2,1-2H3,(H,26,30)(H,27,28,29). The number of rotatable bonds is 7. The number of nitrogens with zero attached hydrogens (tertiary/aromatic N) is 2. The molecular formula is C24H23BrN4O2. The maximum absolute atomic E-state index is 13.2. The van der Waals surface area contributed by atoms with Crippen molar-refractivity contribution in [3.05, 3.63) is 70.2 Å². The number of amides is 1. The van der Waals surface area contributed by atoms with Gasteiger partial charge in [-0.3, -0.25) is 9.89 Å². The smallest absolute Gasteiger partial charge is 0.252 e. The third-order valence-corrected chi connectivity index (χ3v) is 5.59. The number of pyridine rings is 1. The van der Waals surface area contributed by atoms with E-state index in [9.17, 15) is 4.79 Å². The molecule has 0 aliphatic rings. The van der Waals surface area contributed by atoms with Crippen LogP contribution < -0.4 is 5.32 Å². The number of aromatic nitrogens is 3. The van der Waals surface area contributed by atoms with Gasteiger partial charge < -0.3 is 10.1 Å². The number of nitrogens with one attached hydrogen (secondary N) is 2. The molecule has 0 unspecified atom stereocenters. The number of H-pyrrole nitrogens is 1. The average Bonchev–Trinajstić information content (AvgIpc) is 3.21. The molecule has 6 nitrogen and oxygen atoms in total. The van der Waals surface area contributed by atoms with E-state index in [1.54, 1.807) is 7.11 Å². The Morgan fingerprint density at radius 2 is 1.81 bits per heavy atom. The van der Waals surface area contributed by atoms with Gasteiger partial charge in [-0.05, 0) is 31.5 Å². The number of hydrogen-bond donors (Lipinski definition) is 2. The van der Waals surface area contributed by atoms with Crippen molar-refractivity contribution in [2.24, 2.45) is 0 Å². The van der Waals surface area contributed by atoms with Gasteiger partial charge in [0.15, 0.2) is 5.65 Å². The van der Waals surface area contributed by atoms with Crippen LogP contribution in [0.2, 0.25) is 0 Å². The van der Waals surface area contributed by atoms with Crippen LogP contribution >= 0.6 is 15.9 Å². The zero-order chi connectivity index (χ0) is 21.8. The van der Waals surface area contributed by atoms with Crippen LogP contribution in [0.5, 0.6) is 0 Å². The molecular weight excluding hydrogens is 456 g/mol. The van der Waals surface area contributed by atoms with Crippen LogP contribution in [0.4, 0.5) is 0 Å². The minimum Gasteiger partial charge on any atom is -0.385 e. The van der Waals surface area contributed by atoms with Gasteiger partial charge in [-0.2, -0.15) is 5.10 Å². The molecule has 0 fully saturated rings. The predicted octanol–water partition coefficient (Wildman–Crippen LogP) is 5.13. The lowest BCUT2D eigenvalue weighted by molar-refractivity contribution is 0.0950. The predicted molar refractivity (Wildman–Crippen MR) is 126 cm³/mol. The first-order chi connectivity index (χ1) is 15.1. The molecule has 1 amide bonds. The van der Waals surface area contributed by atoms with Crippen molar-refractivity contribution in [3.8, 4) is 22.5 Å². The number of hydrogen-bond acceptors (Lipinski definition) is 4. The van der Waals surface area contributed by atoms with Gasteiger partial charge >= 0.3 is 0 Å². The molecule has 2 aromatic carbocycles. The first-order valence-electron chi connectivity index (χ1n) is 10.1. The number of aryl methyl sites for hydroxylation is 1. The van der Waals surface area contributed by atoms with Crippen molar-refractivity contribution in [2.45, 2.75) is 13.3 Å². The highest BCUT2D eigenvalue weighted by molar-refractivity contribution is 9.10. The lowest BCUT2D eigenvalue weighted by Crippen LogP contribution is -2.25. The number of aromatic amines is 1. The summed E-state index contributed by atoms with van der Waals surface area (Å²) in [6.45, 7) is 3.16. The highest BCUT2D eigenvalue weighted by Crippen LogP contribution is 2.32. The van der Waals surface area contributed by atoms with E-state index >= 15 is 0 Å². The zero-order valence-electron chi connectivity index (χ0n) is 17.4. The van der Waals surface area contributed by atoms with Gasteiger partial charge in [0.25, 0.3) is 5.91 Å². The average molecular weight is 479 g/mol. The molecule has 7 heteroatoms. The van der Waals surface area contributed by atoms with Crippen LogP contribution in [0, 0.1) is 6.92 Å². The van der Waals surface area contributed by atoms with E-state index in [0.717, 1.165) is 27.7 Å². The number of halogens is 1. The fraction of sp³-hybridized carbons (Fsp3) is 0.208. The largest absolute Gasteiger partial charge is 0.385 e. The number of methoxy groups -OCH3 is 1. The summed E-state index contributed by atoms with van der Waals surface area (Å²) < 4.78 is 6.06. The fourth-order valence-corrected chi connectivity index (χ4v) is 3.68. The normalized spacial score (nSPS) is 11.1. The Kier molecular flexibility index (Phi) is 6.44. The topological polar surface area (TPSA) is 79.9 Å². The van der Waals surface area contributed by atoms with Crippen LogP contribution in [0.15, 0.2) is 59.1 Å². The van der Waals surface area contributed by atoms with Gasteiger partial charge in [0.2, 0.25) is 0 Å². The highest BCUT2D eigenvalue weighted by atomic mass is 79.9. The lowest BCUT2D eigenvalue weighted by atomic mass is 10.0. The Morgan fingerprint density at radius 1 is 1.10 bits per heavy atom. The summed E-state index contributed by atoms with van der Waals surface area (Å²) in [6.07, 6.45) is 0.742. The monoisotopic (exact) mass is 478 g/mol. The van der Waals surface area contributed by atoms with Gasteiger partial charge in [0, 0.05) is 35.9 Å². The van der Waals surface area contributed by atoms with Crippen molar-refractivity contribution in [3.63, 3.8) is 0 Å². The second-order valence-electron chi connectivity index (χ2n) is 7.33. The van der Waals surface area contributed by atoms with Crippen molar-refractivity contribution < 1.29 is 9.53 Å². The highest BCUT2D eigenvalue weighted by Gasteiger charge is 2.20. The molecule has 4 aromatic rings. The maximum atomic E-state index is 13.2. The van der Waals surface area contributed by atoms with Gasteiger partial charge in [-0.25, -0.2) is 4.98 Å². The van der Waals surface area contributed by atoms with E-state index in [1.165, 1.54) is 5.56 Å².